The minimum atomic E-state index is 0.162. The van der Waals surface area contributed by atoms with Gasteiger partial charge in [-0.25, -0.2) is 9.97 Å². The number of nitrogens with two attached hydrogens (primary N) is 1. The van der Waals surface area contributed by atoms with Crippen LogP contribution in [-0.4, -0.2) is 15.0 Å². The van der Waals surface area contributed by atoms with E-state index >= 15 is 0 Å². The van der Waals surface area contributed by atoms with Gasteiger partial charge in [-0.05, 0) is 6.92 Å². The van der Waals surface area contributed by atoms with E-state index in [2.05, 4.69) is 20.3 Å². The molecule has 0 aliphatic heterocycles. The lowest BCUT2D eigenvalue weighted by atomic mass is 10.5. The molecule has 7 heteroatoms. The number of hydrogen-bond donors (Lipinski definition) is 2. The van der Waals surface area contributed by atoms with Gasteiger partial charge in [0.2, 0.25) is 5.95 Å². The topological polar surface area (TPSA) is 76.7 Å². The van der Waals surface area contributed by atoms with Gasteiger partial charge in [-0.1, -0.05) is 11.6 Å². The van der Waals surface area contributed by atoms with Gasteiger partial charge in [-0.2, -0.15) is 4.98 Å². The summed E-state index contributed by atoms with van der Waals surface area (Å²) in [6.07, 6.45) is 1.83. The lowest BCUT2D eigenvalue weighted by molar-refractivity contribution is 1.10. The molecule has 0 aliphatic carbocycles. The van der Waals surface area contributed by atoms with Crippen molar-refractivity contribution in [1.29, 1.82) is 0 Å². The Hall–Kier alpha value is -1.40. The summed E-state index contributed by atoms with van der Waals surface area (Å²) in [5.41, 5.74) is 5.48. The van der Waals surface area contributed by atoms with E-state index in [1.54, 1.807) is 17.4 Å². The fourth-order valence-electron chi connectivity index (χ4n) is 1.19. The number of halogens is 1. The lowest BCUT2D eigenvalue weighted by Crippen LogP contribution is -2.03. The van der Waals surface area contributed by atoms with Crippen LogP contribution < -0.4 is 11.1 Å². The largest absolute Gasteiger partial charge is 0.368 e. The highest BCUT2D eigenvalue weighted by molar-refractivity contribution is 7.11. The van der Waals surface area contributed by atoms with Crippen molar-refractivity contribution in [2.24, 2.45) is 0 Å². The predicted octanol–water partition coefficient (Wildman–Crippen LogP) is 2.09. The maximum atomic E-state index is 5.76. The summed E-state index contributed by atoms with van der Waals surface area (Å²) in [6, 6.07) is 1.63. The summed E-state index contributed by atoms with van der Waals surface area (Å²) < 4.78 is 0. The first-order valence-electron chi connectivity index (χ1n) is 4.59. The van der Waals surface area contributed by atoms with Gasteiger partial charge in [0, 0.05) is 17.1 Å². The van der Waals surface area contributed by atoms with Crippen molar-refractivity contribution in [2.75, 3.05) is 11.1 Å². The Morgan fingerprint density at radius 2 is 2.31 bits per heavy atom. The van der Waals surface area contributed by atoms with Gasteiger partial charge in [0.25, 0.3) is 0 Å². The molecule has 0 aromatic carbocycles. The lowest BCUT2D eigenvalue weighted by Gasteiger charge is -2.04. The highest BCUT2D eigenvalue weighted by Gasteiger charge is 2.02. The van der Waals surface area contributed by atoms with Crippen molar-refractivity contribution in [2.45, 2.75) is 13.5 Å². The third-order valence-corrected chi connectivity index (χ3v) is 2.93. The molecule has 2 aromatic rings. The van der Waals surface area contributed by atoms with Crippen LogP contribution in [0.1, 0.15) is 9.88 Å². The highest BCUT2D eigenvalue weighted by atomic mass is 35.5. The number of anilines is 2. The standard InChI is InChI=1S/C9H10ClN5S/c1-5-12-3-6(16-5)4-13-8-2-7(10)14-9(11)15-8/h2-3H,4H2,1H3,(H3,11,13,14,15). The van der Waals surface area contributed by atoms with Crippen LogP contribution in [0.15, 0.2) is 12.3 Å². The molecule has 0 saturated heterocycles. The molecular formula is C9H10ClN5S. The van der Waals surface area contributed by atoms with Crippen molar-refractivity contribution in [1.82, 2.24) is 15.0 Å². The molecule has 0 aliphatic rings. The van der Waals surface area contributed by atoms with Crippen molar-refractivity contribution < 1.29 is 0 Å². The number of thiazole rings is 1. The molecule has 0 spiro atoms. The van der Waals surface area contributed by atoms with Crippen LogP contribution in [0.4, 0.5) is 11.8 Å². The minimum absolute atomic E-state index is 0.162. The maximum absolute atomic E-state index is 5.76. The van der Waals surface area contributed by atoms with Crippen molar-refractivity contribution in [3.63, 3.8) is 0 Å². The van der Waals surface area contributed by atoms with Crippen molar-refractivity contribution in [3.8, 4) is 0 Å². The molecule has 0 fully saturated rings. The molecule has 2 heterocycles. The molecule has 5 nitrogen and oxygen atoms in total. The number of aryl methyl sites for hydroxylation is 1. The molecule has 0 atom stereocenters. The average Bonchev–Trinajstić information content (AvgIpc) is 2.60. The van der Waals surface area contributed by atoms with E-state index in [1.807, 2.05) is 13.1 Å². The average molecular weight is 256 g/mol. The number of nitrogen functional groups attached to an aromatic ring is 1. The molecule has 0 unspecified atom stereocenters. The zero-order chi connectivity index (χ0) is 11.5. The summed E-state index contributed by atoms with van der Waals surface area (Å²) in [5.74, 6) is 0.777. The zero-order valence-corrected chi connectivity index (χ0v) is 10.1. The van der Waals surface area contributed by atoms with Gasteiger partial charge in [0.05, 0.1) is 11.6 Å². The first-order valence-corrected chi connectivity index (χ1v) is 5.78. The second-order valence-corrected chi connectivity index (χ2v) is 4.84. The number of nitrogens with zero attached hydrogens (tertiary/aromatic N) is 3. The number of hydrogen-bond acceptors (Lipinski definition) is 6. The summed E-state index contributed by atoms with van der Waals surface area (Å²) >= 11 is 7.39. The Morgan fingerprint density at radius 1 is 1.50 bits per heavy atom. The third kappa shape index (κ3) is 2.80. The van der Waals surface area contributed by atoms with E-state index in [4.69, 9.17) is 17.3 Å². The van der Waals surface area contributed by atoms with Crippen LogP contribution in [0.5, 0.6) is 0 Å². The van der Waals surface area contributed by atoms with Crippen LogP contribution in [0.25, 0.3) is 0 Å². The number of nitrogens with one attached hydrogen (secondary N) is 1. The van der Waals surface area contributed by atoms with Crippen molar-refractivity contribution >= 4 is 34.7 Å². The summed E-state index contributed by atoms with van der Waals surface area (Å²) in [7, 11) is 0. The number of rotatable bonds is 3. The van der Waals surface area contributed by atoms with Crippen molar-refractivity contribution in [3.05, 3.63) is 27.3 Å². The van der Waals surface area contributed by atoms with Crippen LogP contribution in [-0.2, 0) is 6.54 Å². The van der Waals surface area contributed by atoms with Gasteiger partial charge in [-0.3, -0.25) is 0 Å². The minimum Gasteiger partial charge on any atom is -0.368 e. The normalized spacial score (nSPS) is 10.4. The van der Waals surface area contributed by atoms with Crippen LogP contribution in [0.3, 0.4) is 0 Å². The highest BCUT2D eigenvalue weighted by Crippen LogP contribution is 2.16. The van der Waals surface area contributed by atoms with E-state index in [9.17, 15) is 0 Å². The fourth-order valence-corrected chi connectivity index (χ4v) is 2.12. The SMILES string of the molecule is Cc1ncc(CNc2cc(Cl)nc(N)n2)s1. The summed E-state index contributed by atoms with van der Waals surface area (Å²) in [4.78, 5) is 13.1. The molecule has 2 aromatic heterocycles. The Labute approximate surface area is 102 Å². The van der Waals surface area contributed by atoms with E-state index in [-0.39, 0.29) is 5.95 Å². The monoisotopic (exact) mass is 255 g/mol. The third-order valence-electron chi connectivity index (χ3n) is 1.83. The fraction of sp³-hybridized carbons (Fsp3) is 0.222. The Kier molecular flexibility index (Phi) is 3.21. The van der Waals surface area contributed by atoms with Gasteiger partial charge >= 0.3 is 0 Å². The Bertz CT molecular complexity index is 478. The van der Waals surface area contributed by atoms with Gasteiger partial charge in [0.1, 0.15) is 11.0 Å². The second kappa shape index (κ2) is 4.63. The van der Waals surface area contributed by atoms with E-state index in [0.717, 1.165) is 9.88 Å². The van der Waals surface area contributed by atoms with Crippen LogP contribution in [0, 0.1) is 6.92 Å². The van der Waals surface area contributed by atoms with E-state index < -0.39 is 0 Å². The van der Waals surface area contributed by atoms with Crippen LogP contribution >= 0.6 is 22.9 Å². The summed E-state index contributed by atoms with van der Waals surface area (Å²) in [6.45, 7) is 2.62. The molecule has 0 bridgehead atoms. The number of aromatic nitrogens is 3. The predicted molar refractivity (Wildman–Crippen MR) is 65.6 cm³/mol. The molecule has 0 saturated carbocycles. The zero-order valence-electron chi connectivity index (χ0n) is 8.57. The second-order valence-electron chi connectivity index (χ2n) is 3.13. The van der Waals surface area contributed by atoms with E-state index in [0.29, 0.717) is 17.5 Å². The van der Waals surface area contributed by atoms with Gasteiger partial charge in [-0.15, -0.1) is 11.3 Å². The summed E-state index contributed by atoms with van der Waals surface area (Å²) in [5, 5.41) is 4.48. The quantitative estimate of drug-likeness (QED) is 0.822. The van der Waals surface area contributed by atoms with Gasteiger partial charge in [0.15, 0.2) is 0 Å². The van der Waals surface area contributed by atoms with Crippen LogP contribution in [0.2, 0.25) is 5.15 Å². The first kappa shape index (κ1) is 11.1. The molecule has 0 amide bonds. The smallest absolute Gasteiger partial charge is 0.223 e. The Morgan fingerprint density at radius 3 is 2.94 bits per heavy atom. The molecule has 84 valence electrons. The maximum Gasteiger partial charge on any atom is 0.223 e. The molecule has 0 radical (unpaired) electrons. The molecule has 3 N–H and O–H groups in total. The molecule has 2 rings (SSSR count). The first-order chi connectivity index (χ1) is 7.63. The van der Waals surface area contributed by atoms with Gasteiger partial charge < -0.3 is 11.1 Å². The molecule has 16 heavy (non-hydrogen) atoms. The Balaban J connectivity index is 2.04. The van der Waals surface area contributed by atoms with E-state index in [1.165, 1.54) is 0 Å². The molecular weight excluding hydrogens is 246 g/mol.